The molecule has 0 bridgehead atoms. The average molecular weight is 454 g/mol. The summed E-state index contributed by atoms with van der Waals surface area (Å²) in [4.78, 5) is 49.0. The van der Waals surface area contributed by atoms with E-state index >= 15 is 0 Å². The van der Waals surface area contributed by atoms with Crippen molar-refractivity contribution in [1.29, 1.82) is 0 Å². The third kappa shape index (κ3) is 6.52. The van der Waals surface area contributed by atoms with Crippen LogP contribution in [0.5, 0.6) is 5.75 Å². The van der Waals surface area contributed by atoms with Crippen molar-refractivity contribution >= 4 is 23.4 Å². The molecule has 0 unspecified atom stereocenters. The van der Waals surface area contributed by atoms with Gasteiger partial charge < -0.3 is 20.3 Å². The molecule has 1 aliphatic heterocycles. The van der Waals surface area contributed by atoms with E-state index in [1.807, 2.05) is 24.3 Å². The number of carbonyl (C=O) groups excluding carboxylic acids is 3. The first kappa shape index (κ1) is 23.7. The van der Waals surface area contributed by atoms with E-state index in [-0.39, 0.29) is 42.1 Å². The van der Waals surface area contributed by atoms with Gasteiger partial charge in [0.25, 0.3) is 11.6 Å². The normalized spacial score (nSPS) is 13.8. The van der Waals surface area contributed by atoms with Crippen LogP contribution in [0.2, 0.25) is 0 Å². The summed E-state index contributed by atoms with van der Waals surface area (Å²) in [6.07, 6.45) is 1.48. The fraction of sp³-hybridized carbons (Fsp3) is 0.348. The summed E-state index contributed by atoms with van der Waals surface area (Å²) in [6.45, 7) is 0.812. The van der Waals surface area contributed by atoms with Crippen molar-refractivity contribution in [3.05, 3.63) is 69.8 Å². The number of amides is 3. The van der Waals surface area contributed by atoms with E-state index in [4.69, 9.17) is 4.74 Å². The van der Waals surface area contributed by atoms with Crippen molar-refractivity contribution in [2.24, 2.45) is 0 Å². The van der Waals surface area contributed by atoms with Gasteiger partial charge >= 0.3 is 0 Å². The first-order chi connectivity index (χ1) is 15.9. The van der Waals surface area contributed by atoms with Gasteiger partial charge in [-0.05, 0) is 25.0 Å². The van der Waals surface area contributed by atoms with Crippen molar-refractivity contribution in [1.82, 2.24) is 15.5 Å². The Bertz CT molecular complexity index is 1030. The zero-order chi connectivity index (χ0) is 23.8. The number of piperidine rings is 1. The minimum absolute atomic E-state index is 0.00787. The van der Waals surface area contributed by atoms with Crippen LogP contribution >= 0.6 is 0 Å². The molecule has 10 heteroatoms. The Balaban J connectivity index is 1.42. The highest BCUT2D eigenvalue weighted by atomic mass is 16.6. The Hall–Kier alpha value is -3.95. The van der Waals surface area contributed by atoms with Crippen molar-refractivity contribution in [2.75, 3.05) is 26.7 Å². The van der Waals surface area contributed by atoms with Gasteiger partial charge in [-0.3, -0.25) is 24.5 Å². The number of benzene rings is 2. The highest BCUT2D eigenvalue weighted by Gasteiger charge is 2.24. The predicted molar refractivity (Wildman–Crippen MR) is 120 cm³/mol. The molecule has 0 aromatic heterocycles. The summed E-state index contributed by atoms with van der Waals surface area (Å²) in [5, 5.41) is 16.2. The number of non-ortho nitro benzene ring substituents is 1. The quantitative estimate of drug-likeness (QED) is 0.461. The molecule has 10 nitrogen and oxygen atoms in total. The van der Waals surface area contributed by atoms with E-state index in [9.17, 15) is 24.5 Å². The summed E-state index contributed by atoms with van der Waals surface area (Å²) in [6, 6.07) is 12.6. The van der Waals surface area contributed by atoms with E-state index in [2.05, 4.69) is 10.6 Å². The van der Waals surface area contributed by atoms with Gasteiger partial charge in [0.15, 0.2) is 0 Å². The van der Waals surface area contributed by atoms with Crippen LogP contribution in [0.15, 0.2) is 48.5 Å². The van der Waals surface area contributed by atoms with Gasteiger partial charge in [-0.2, -0.15) is 0 Å². The number of para-hydroxylation sites is 1. The van der Waals surface area contributed by atoms with Crippen LogP contribution in [0, 0.1) is 10.1 Å². The van der Waals surface area contributed by atoms with Crippen LogP contribution in [-0.2, 0) is 16.0 Å². The van der Waals surface area contributed by atoms with Gasteiger partial charge in [0, 0.05) is 42.4 Å². The lowest BCUT2D eigenvalue weighted by atomic mass is 10.0. The first-order valence-electron chi connectivity index (χ1n) is 10.6. The average Bonchev–Trinajstić information content (AvgIpc) is 2.83. The van der Waals surface area contributed by atoms with Crippen LogP contribution < -0.4 is 15.4 Å². The predicted octanol–water partition coefficient (Wildman–Crippen LogP) is 1.68. The number of rotatable bonds is 8. The monoisotopic (exact) mass is 454 g/mol. The largest absolute Gasteiger partial charge is 0.496 e. The standard InChI is InChI=1S/C23H26N4O6/c1-33-20-8-3-2-5-16(20)14-22(29)26-11-9-18(10-12-26)25-21(28)15-24-23(30)17-6-4-7-19(13-17)27(31)32/h2-8,13,18H,9-12,14-15H2,1H3,(H,24,30)(H,25,28). The number of carbonyl (C=O) groups is 3. The Morgan fingerprint density at radius 1 is 1.12 bits per heavy atom. The number of hydrogen-bond acceptors (Lipinski definition) is 6. The van der Waals surface area contributed by atoms with E-state index in [0.29, 0.717) is 31.7 Å². The van der Waals surface area contributed by atoms with Crippen molar-refractivity contribution in [3.8, 4) is 5.75 Å². The number of nitro groups is 1. The Kier molecular flexibility index (Phi) is 7.96. The van der Waals surface area contributed by atoms with E-state index in [1.165, 1.54) is 18.2 Å². The smallest absolute Gasteiger partial charge is 0.270 e. The minimum Gasteiger partial charge on any atom is -0.496 e. The van der Waals surface area contributed by atoms with Gasteiger partial charge in [0.05, 0.1) is 25.0 Å². The highest BCUT2D eigenvalue weighted by molar-refractivity contribution is 5.97. The number of likely N-dealkylation sites (tertiary alicyclic amines) is 1. The number of nitro benzene ring substituents is 1. The third-order valence-corrected chi connectivity index (χ3v) is 5.48. The molecule has 1 aliphatic rings. The second kappa shape index (κ2) is 11.1. The maximum absolute atomic E-state index is 12.6. The Labute approximate surface area is 191 Å². The molecule has 174 valence electrons. The van der Waals surface area contributed by atoms with Crippen LogP contribution in [0.3, 0.4) is 0 Å². The molecule has 3 amide bonds. The summed E-state index contributed by atoms with van der Waals surface area (Å²) in [5.74, 6) is -0.230. The zero-order valence-electron chi connectivity index (χ0n) is 18.3. The van der Waals surface area contributed by atoms with Gasteiger partial charge in [-0.1, -0.05) is 24.3 Å². The van der Waals surface area contributed by atoms with Crippen LogP contribution in [0.1, 0.15) is 28.8 Å². The molecule has 2 aromatic rings. The molecule has 1 fully saturated rings. The molecular weight excluding hydrogens is 428 g/mol. The van der Waals surface area contributed by atoms with Gasteiger partial charge in [0.2, 0.25) is 11.8 Å². The van der Waals surface area contributed by atoms with Gasteiger partial charge in [0.1, 0.15) is 5.75 Å². The van der Waals surface area contributed by atoms with E-state index in [0.717, 1.165) is 11.6 Å². The van der Waals surface area contributed by atoms with Crippen molar-refractivity contribution < 1.29 is 24.0 Å². The topological polar surface area (TPSA) is 131 Å². The molecule has 0 aliphatic carbocycles. The maximum Gasteiger partial charge on any atom is 0.270 e. The van der Waals surface area contributed by atoms with Crippen molar-refractivity contribution in [3.63, 3.8) is 0 Å². The molecule has 0 saturated carbocycles. The summed E-state index contributed by atoms with van der Waals surface area (Å²) in [7, 11) is 1.57. The number of nitrogens with zero attached hydrogens (tertiary/aromatic N) is 2. The van der Waals surface area contributed by atoms with Gasteiger partial charge in [-0.15, -0.1) is 0 Å². The first-order valence-corrected chi connectivity index (χ1v) is 10.6. The summed E-state index contributed by atoms with van der Waals surface area (Å²) in [5.41, 5.74) is 0.748. The maximum atomic E-state index is 12.6. The number of nitrogens with one attached hydrogen (secondary N) is 2. The second-order valence-corrected chi connectivity index (χ2v) is 7.70. The molecule has 33 heavy (non-hydrogen) atoms. The summed E-state index contributed by atoms with van der Waals surface area (Å²) < 4.78 is 5.30. The summed E-state index contributed by atoms with van der Waals surface area (Å²) >= 11 is 0. The van der Waals surface area contributed by atoms with E-state index < -0.39 is 10.8 Å². The molecule has 0 radical (unpaired) electrons. The fourth-order valence-corrected chi connectivity index (χ4v) is 3.70. The van der Waals surface area contributed by atoms with Crippen LogP contribution in [0.25, 0.3) is 0 Å². The van der Waals surface area contributed by atoms with E-state index in [1.54, 1.807) is 12.0 Å². The molecule has 0 atom stereocenters. The fourth-order valence-electron chi connectivity index (χ4n) is 3.70. The van der Waals surface area contributed by atoms with Crippen molar-refractivity contribution in [2.45, 2.75) is 25.3 Å². The second-order valence-electron chi connectivity index (χ2n) is 7.70. The van der Waals surface area contributed by atoms with Crippen LogP contribution in [-0.4, -0.2) is 60.3 Å². The minimum atomic E-state index is -0.586. The Morgan fingerprint density at radius 2 is 1.85 bits per heavy atom. The number of hydrogen-bond donors (Lipinski definition) is 2. The Morgan fingerprint density at radius 3 is 2.55 bits per heavy atom. The molecule has 1 saturated heterocycles. The number of methoxy groups -OCH3 is 1. The molecule has 3 rings (SSSR count). The lowest BCUT2D eigenvalue weighted by Crippen LogP contribution is -2.49. The molecule has 0 spiro atoms. The third-order valence-electron chi connectivity index (χ3n) is 5.48. The zero-order valence-corrected chi connectivity index (χ0v) is 18.3. The highest BCUT2D eigenvalue weighted by Crippen LogP contribution is 2.20. The molecule has 2 N–H and O–H groups in total. The SMILES string of the molecule is COc1ccccc1CC(=O)N1CCC(NC(=O)CNC(=O)c2cccc([N+](=O)[O-])c2)CC1. The van der Waals surface area contributed by atoms with Crippen LogP contribution in [0.4, 0.5) is 5.69 Å². The van der Waals surface area contributed by atoms with Gasteiger partial charge in [-0.25, -0.2) is 0 Å². The lowest BCUT2D eigenvalue weighted by Gasteiger charge is -2.32. The molecule has 1 heterocycles. The number of ether oxygens (including phenoxy) is 1. The molecule has 2 aromatic carbocycles. The molecular formula is C23H26N4O6. The lowest BCUT2D eigenvalue weighted by molar-refractivity contribution is -0.384.